The van der Waals surface area contributed by atoms with E-state index < -0.39 is 0 Å². The van der Waals surface area contributed by atoms with Gasteiger partial charge in [-0.15, -0.1) is 11.3 Å². The van der Waals surface area contributed by atoms with Crippen LogP contribution in [0.5, 0.6) is 0 Å². The van der Waals surface area contributed by atoms with Crippen LogP contribution in [-0.2, 0) is 0 Å². The number of rotatable bonds is 1. The average molecular weight is 697 g/mol. The maximum atomic E-state index is 2.70. The lowest BCUT2D eigenvalue weighted by atomic mass is 9.30. The Morgan fingerprint density at radius 2 is 1.07 bits per heavy atom. The average Bonchev–Trinajstić information content (AvgIpc) is 3.89. The molecular weight excluding hydrogens is 672 g/mol. The molecule has 3 aromatic heterocycles. The van der Waals surface area contributed by atoms with Gasteiger partial charge in [0, 0.05) is 81.2 Å². The first-order chi connectivity index (χ1) is 26.8. The zero-order valence-corrected chi connectivity index (χ0v) is 29.7. The molecule has 0 radical (unpaired) electrons. The molecule has 4 aliphatic rings. The zero-order valence-electron chi connectivity index (χ0n) is 28.8. The molecule has 0 atom stereocenters. The van der Waals surface area contributed by atoms with Crippen LogP contribution in [0.15, 0.2) is 152 Å². The highest BCUT2D eigenvalue weighted by molar-refractivity contribution is 7.27. The first-order valence-electron chi connectivity index (χ1n) is 18.9. The molecular formula is C48H25B2N3S. The van der Waals surface area contributed by atoms with Gasteiger partial charge in [-0.05, 0) is 69.2 Å². The Morgan fingerprint density at radius 1 is 0.426 bits per heavy atom. The fourth-order valence-corrected chi connectivity index (χ4v) is 12.7. The molecule has 0 amide bonds. The summed E-state index contributed by atoms with van der Waals surface area (Å²) in [5.41, 5.74) is 20.2. The Hall–Kier alpha value is -6.49. The van der Waals surface area contributed by atoms with Crippen LogP contribution in [0, 0.1) is 0 Å². The van der Waals surface area contributed by atoms with Crippen molar-refractivity contribution in [3.05, 3.63) is 152 Å². The summed E-state index contributed by atoms with van der Waals surface area (Å²) in [6, 6.07) is 57.7. The minimum atomic E-state index is 0.0905. The monoisotopic (exact) mass is 697 g/mol. The first kappa shape index (κ1) is 27.2. The number of hydrogen-bond donors (Lipinski definition) is 0. The van der Waals surface area contributed by atoms with Crippen LogP contribution in [0.4, 0.5) is 17.1 Å². The van der Waals surface area contributed by atoms with Gasteiger partial charge >= 0.3 is 0 Å². The highest BCUT2D eigenvalue weighted by atomic mass is 32.1. The molecule has 0 spiro atoms. The van der Waals surface area contributed by atoms with Crippen molar-refractivity contribution in [3.63, 3.8) is 0 Å². The predicted molar refractivity (Wildman–Crippen MR) is 232 cm³/mol. The van der Waals surface area contributed by atoms with E-state index in [9.17, 15) is 0 Å². The number of nitrogens with zero attached hydrogens (tertiary/aromatic N) is 3. The molecule has 7 heterocycles. The van der Waals surface area contributed by atoms with E-state index in [1.165, 1.54) is 125 Å². The van der Waals surface area contributed by atoms with Crippen LogP contribution in [0.3, 0.4) is 0 Å². The van der Waals surface area contributed by atoms with Gasteiger partial charge in [-0.3, -0.25) is 0 Å². The highest BCUT2D eigenvalue weighted by Crippen LogP contribution is 2.47. The molecule has 244 valence electrons. The van der Waals surface area contributed by atoms with Gasteiger partial charge < -0.3 is 14.0 Å². The van der Waals surface area contributed by atoms with Gasteiger partial charge in [0.05, 0.1) is 11.0 Å². The van der Waals surface area contributed by atoms with Gasteiger partial charge in [0.15, 0.2) is 0 Å². The van der Waals surface area contributed by atoms with E-state index in [1.807, 2.05) is 11.3 Å². The maximum Gasteiger partial charge on any atom is 0.252 e. The molecule has 3 nitrogen and oxygen atoms in total. The summed E-state index contributed by atoms with van der Waals surface area (Å²) >= 11 is 1.95. The molecule has 0 bridgehead atoms. The number of anilines is 3. The van der Waals surface area contributed by atoms with Crippen molar-refractivity contribution in [1.29, 1.82) is 0 Å². The van der Waals surface area contributed by atoms with E-state index in [0.29, 0.717) is 0 Å². The van der Waals surface area contributed by atoms with Gasteiger partial charge in [-0.25, -0.2) is 0 Å². The number of para-hydroxylation sites is 5. The molecule has 6 heteroatoms. The lowest BCUT2D eigenvalue weighted by molar-refractivity contribution is 1.14. The summed E-state index contributed by atoms with van der Waals surface area (Å²) in [5.74, 6) is 0. The van der Waals surface area contributed by atoms with Crippen LogP contribution in [0.2, 0.25) is 0 Å². The Labute approximate surface area is 314 Å². The Balaban J connectivity index is 1.24. The molecule has 8 aromatic carbocycles. The largest absolute Gasteiger partial charge is 0.311 e. The lowest BCUT2D eigenvalue weighted by Gasteiger charge is -2.44. The van der Waals surface area contributed by atoms with Crippen LogP contribution in [-0.4, -0.2) is 22.6 Å². The third kappa shape index (κ3) is 2.83. The molecule has 0 aliphatic carbocycles. The summed E-state index contributed by atoms with van der Waals surface area (Å²) in [5, 5.41) is 8.15. The number of fused-ring (bicyclic) bond motifs is 14. The normalized spacial score (nSPS) is 14.2. The van der Waals surface area contributed by atoms with E-state index in [1.54, 1.807) is 0 Å². The molecule has 11 aromatic rings. The molecule has 54 heavy (non-hydrogen) atoms. The summed E-state index contributed by atoms with van der Waals surface area (Å²) in [6.07, 6.45) is 0. The second-order valence-corrected chi connectivity index (χ2v) is 16.6. The van der Waals surface area contributed by atoms with Crippen molar-refractivity contribution in [2.45, 2.75) is 0 Å². The van der Waals surface area contributed by atoms with Crippen molar-refractivity contribution in [2.75, 3.05) is 4.90 Å². The second kappa shape index (κ2) is 8.99. The van der Waals surface area contributed by atoms with Gasteiger partial charge in [-0.1, -0.05) is 115 Å². The van der Waals surface area contributed by atoms with E-state index >= 15 is 0 Å². The van der Waals surface area contributed by atoms with E-state index in [2.05, 4.69) is 166 Å². The standard InChI is InChI=1S/C48H25B2N3S/c1-2-12-26(13-3-1)51-37-22-8-6-18-32(37)49-33-19-10-16-28-29-17-11-20-34-45(29)53(44(28)33)47-42(49)38(51)25-39-43(47)50(34)35-24-31-27-14-5-9-23-40(27)54-48(31)41-30-15-4-7-21-36(30)52(39)46(35)41/h1-25H. The smallest absolute Gasteiger partial charge is 0.252 e. The second-order valence-electron chi connectivity index (χ2n) is 15.5. The number of hydrogen-bond acceptors (Lipinski definition) is 2. The quantitative estimate of drug-likeness (QED) is 0.159. The van der Waals surface area contributed by atoms with E-state index in [4.69, 9.17) is 0 Å². The summed E-state index contributed by atoms with van der Waals surface area (Å²) in [7, 11) is 0. The Bertz CT molecular complexity index is 3590. The van der Waals surface area contributed by atoms with Crippen molar-refractivity contribution in [2.24, 2.45) is 0 Å². The fraction of sp³-hybridized carbons (Fsp3) is 0. The molecule has 0 fully saturated rings. The topological polar surface area (TPSA) is 13.1 Å². The fourth-order valence-electron chi connectivity index (χ4n) is 11.4. The Kier molecular flexibility index (Phi) is 4.52. The molecule has 0 saturated heterocycles. The first-order valence-corrected chi connectivity index (χ1v) is 19.8. The summed E-state index contributed by atoms with van der Waals surface area (Å²) in [6.45, 7) is 0.207. The van der Waals surface area contributed by atoms with Crippen molar-refractivity contribution in [3.8, 4) is 11.4 Å². The number of thiophene rings is 1. The summed E-state index contributed by atoms with van der Waals surface area (Å²) < 4.78 is 8.09. The SMILES string of the molecule is c1ccc(N2c3ccccc3B3c4c2cc2c5c4-n4c6c3cccc6c3cccc(c34)B5c3cc4c5ccccc5sc4c4c5ccccc5n-2c34)cc1. The van der Waals surface area contributed by atoms with Crippen LogP contribution in [0.1, 0.15) is 0 Å². The third-order valence-corrected chi connectivity index (χ3v) is 14.4. The van der Waals surface area contributed by atoms with Gasteiger partial charge in [0.2, 0.25) is 0 Å². The van der Waals surface area contributed by atoms with E-state index in [0.717, 1.165) is 0 Å². The van der Waals surface area contributed by atoms with Crippen LogP contribution in [0.25, 0.3) is 75.2 Å². The van der Waals surface area contributed by atoms with Crippen LogP contribution >= 0.6 is 11.3 Å². The molecule has 4 aliphatic heterocycles. The van der Waals surface area contributed by atoms with E-state index in [-0.39, 0.29) is 13.4 Å². The van der Waals surface area contributed by atoms with Gasteiger partial charge in [-0.2, -0.15) is 0 Å². The van der Waals surface area contributed by atoms with Crippen molar-refractivity contribution < 1.29 is 0 Å². The van der Waals surface area contributed by atoms with Crippen LogP contribution < -0.4 is 37.7 Å². The Morgan fingerprint density at radius 3 is 1.91 bits per heavy atom. The minimum absolute atomic E-state index is 0.0905. The lowest BCUT2D eigenvalue weighted by Crippen LogP contribution is -2.66. The van der Waals surface area contributed by atoms with Gasteiger partial charge in [0.25, 0.3) is 13.4 Å². The predicted octanol–water partition coefficient (Wildman–Crippen LogP) is 8.00. The highest BCUT2D eigenvalue weighted by Gasteiger charge is 2.49. The molecule has 0 saturated carbocycles. The maximum absolute atomic E-state index is 2.70. The third-order valence-electron chi connectivity index (χ3n) is 13.2. The van der Waals surface area contributed by atoms with Gasteiger partial charge in [0.1, 0.15) is 0 Å². The van der Waals surface area contributed by atoms with Crippen molar-refractivity contribution in [1.82, 2.24) is 9.13 Å². The van der Waals surface area contributed by atoms with Crippen molar-refractivity contribution >= 4 is 138 Å². The molecule has 15 rings (SSSR count). The molecule has 0 N–H and O–H groups in total. The number of aromatic nitrogens is 2. The minimum Gasteiger partial charge on any atom is -0.311 e. The summed E-state index contributed by atoms with van der Waals surface area (Å²) in [4.78, 5) is 2.55. The zero-order chi connectivity index (χ0) is 34.6. The number of benzene rings is 8. The molecule has 0 unspecified atom stereocenters.